The zero-order chi connectivity index (χ0) is 20.7. The number of aromatic nitrogens is 2. The van der Waals surface area contributed by atoms with Crippen LogP contribution in [0.5, 0.6) is 0 Å². The quantitative estimate of drug-likeness (QED) is 0.627. The van der Waals surface area contributed by atoms with Gasteiger partial charge in [0.15, 0.2) is 0 Å². The summed E-state index contributed by atoms with van der Waals surface area (Å²) in [5.74, 6) is -0.217. The SMILES string of the molecule is CCN(c1cc2nn(-c3ccc(F)cc3)c(C(=O)NC)c2cc1C1CC1)[S+](C)[O-]. The van der Waals surface area contributed by atoms with Crippen molar-refractivity contribution in [2.24, 2.45) is 0 Å². The highest BCUT2D eigenvalue weighted by Gasteiger charge is 2.32. The summed E-state index contributed by atoms with van der Waals surface area (Å²) in [6.07, 6.45) is 3.82. The van der Waals surface area contributed by atoms with Crippen LogP contribution in [0.15, 0.2) is 36.4 Å². The molecule has 29 heavy (non-hydrogen) atoms. The molecule has 2 aromatic carbocycles. The van der Waals surface area contributed by atoms with Gasteiger partial charge in [-0.2, -0.15) is 9.40 Å². The van der Waals surface area contributed by atoms with Crippen LogP contribution in [0.25, 0.3) is 16.6 Å². The number of carbonyl (C=O) groups is 1. The monoisotopic (exact) mass is 414 g/mol. The van der Waals surface area contributed by atoms with Crippen LogP contribution in [0.4, 0.5) is 10.1 Å². The van der Waals surface area contributed by atoms with Crippen molar-refractivity contribution in [1.82, 2.24) is 15.1 Å². The van der Waals surface area contributed by atoms with Crippen LogP contribution in [0.3, 0.4) is 0 Å². The Labute approximate surface area is 172 Å². The Morgan fingerprint density at radius 3 is 2.59 bits per heavy atom. The van der Waals surface area contributed by atoms with E-state index in [1.807, 2.05) is 23.4 Å². The Bertz CT molecular complexity index is 1060. The number of halogens is 1. The average Bonchev–Trinajstić information content (AvgIpc) is 3.48. The van der Waals surface area contributed by atoms with E-state index in [4.69, 9.17) is 0 Å². The molecule has 8 heteroatoms. The number of benzene rings is 2. The molecule has 3 aromatic rings. The van der Waals surface area contributed by atoms with Crippen LogP contribution in [0.2, 0.25) is 0 Å². The fourth-order valence-corrected chi connectivity index (χ4v) is 4.47. The maximum absolute atomic E-state index is 13.4. The molecule has 1 saturated carbocycles. The molecule has 1 aliphatic rings. The highest BCUT2D eigenvalue weighted by molar-refractivity contribution is 7.92. The van der Waals surface area contributed by atoms with E-state index in [-0.39, 0.29) is 11.7 Å². The van der Waals surface area contributed by atoms with Gasteiger partial charge in [0.05, 0.1) is 34.8 Å². The molecule has 1 aromatic heterocycles. The number of anilines is 1. The molecule has 1 N–H and O–H groups in total. The number of rotatable bonds is 6. The van der Waals surface area contributed by atoms with E-state index in [2.05, 4.69) is 10.4 Å². The van der Waals surface area contributed by atoms with Crippen molar-refractivity contribution in [3.63, 3.8) is 0 Å². The van der Waals surface area contributed by atoms with Crippen LogP contribution in [0.1, 0.15) is 41.7 Å². The normalized spacial score (nSPS) is 14.8. The molecule has 1 aliphatic carbocycles. The van der Waals surface area contributed by atoms with E-state index < -0.39 is 11.4 Å². The van der Waals surface area contributed by atoms with Gasteiger partial charge < -0.3 is 9.87 Å². The highest BCUT2D eigenvalue weighted by atomic mass is 32.2. The predicted molar refractivity (Wildman–Crippen MR) is 113 cm³/mol. The maximum atomic E-state index is 13.4. The number of amides is 1. The number of carbonyl (C=O) groups excluding carboxylic acids is 1. The lowest BCUT2D eigenvalue weighted by atomic mass is 10.0. The van der Waals surface area contributed by atoms with E-state index in [9.17, 15) is 13.7 Å². The van der Waals surface area contributed by atoms with Crippen molar-refractivity contribution in [1.29, 1.82) is 0 Å². The summed E-state index contributed by atoms with van der Waals surface area (Å²) in [6.45, 7) is 2.57. The Hall–Kier alpha value is -2.58. The lowest BCUT2D eigenvalue weighted by Crippen LogP contribution is -2.30. The molecule has 1 fully saturated rings. The zero-order valence-electron chi connectivity index (χ0n) is 16.6. The lowest BCUT2D eigenvalue weighted by molar-refractivity contribution is 0.0957. The molecule has 152 valence electrons. The third-order valence-electron chi connectivity index (χ3n) is 5.22. The van der Waals surface area contributed by atoms with Gasteiger partial charge in [0, 0.05) is 12.4 Å². The van der Waals surface area contributed by atoms with Gasteiger partial charge in [0.2, 0.25) is 0 Å². The highest BCUT2D eigenvalue weighted by Crippen LogP contribution is 2.46. The Morgan fingerprint density at radius 1 is 1.34 bits per heavy atom. The molecule has 1 heterocycles. The van der Waals surface area contributed by atoms with Gasteiger partial charge in [0.1, 0.15) is 17.8 Å². The molecule has 0 aliphatic heterocycles. The summed E-state index contributed by atoms with van der Waals surface area (Å²) < 4.78 is 29.1. The molecular formula is C21H23FN4O2S. The minimum absolute atomic E-state index is 0.266. The van der Waals surface area contributed by atoms with Crippen molar-refractivity contribution >= 4 is 33.9 Å². The van der Waals surface area contributed by atoms with Crippen LogP contribution in [-0.4, -0.2) is 40.1 Å². The van der Waals surface area contributed by atoms with Gasteiger partial charge in [0.25, 0.3) is 5.91 Å². The second-order valence-corrected chi connectivity index (χ2v) is 8.43. The fraction of sp³-hybridized carbons (Fsp3) is 0.333. The molecule has 1 amide bonds. The van der Waals surface area contributed by atoms with Gasteiger partial charge in [-0.3, -0.25) is 4.79 Å². The lowest BCUT2D eigenvalue weighted by Gasteiger charge is -2.24. The molecule has 6 nitrogen and oxygen atoms in total. The Balaban J connectivity index is 1.98. The van der Waals surface area contributed by atoms with Gasteiger partial charge in [-0.1, -0.05) is 0 Å². The van der Waals surface area contributed by atoms with Gasteiger partial charge >= 0.3 is 0 Å². The molecule has 0 radical (unpaired) electrons. The fourth-order valence-electron chi connectivity index (χ4n) is 3.67. The summed E-state index contributed by atoms with van der Waals surface area (Å²) in [7, 11) is 1.57. The summed E-state index contributed by atoms with van der Waals surface area (Å²) in [5.41, 5.74) is 3.63. The molecule has 1 atom stereocenters. The van der Waals surface area contributed by atoms with E-state index in [1.165, 1.54) is 12.1 Å². The third kappa shape index (κ3) is 3.58. The largest absolute Gasteiger partial charge is 0.593 e. The summed E-state index contributed by atoms with van der Waals surface area (Å²) in [4.78, 5) is 12.7. The number of hydrogen-bond donors (Lipinski definition) is 1. The van der Waals surface area contributed by atoms with E-state index in [1.54, 1.807) is 30.1 Å². The van der Waals surface area contributed by atoms with Crippen molar-refractivity contribution in [2.75, 3.05) is 24.2 Å². The maximum Gasteiger partial charge on any atom is 0.270 e. The number of fused-ring (bicyclic) bond motifs is 1. The van der Waals surface area contributed by atoms with E-state index >= 15 is 0 Å². The van der Waals surface area contributed by atoms with Crippen LogP contribution in [-0.2, 0) is 11.4 Å². The summed E-state index contributed by atoms with van der Waals surface area (Å²) >= 11 is -1.17. The third-order valence-corrected chi connectivity index (χ3v) is 6.29. The van der Waals surface area contributed by atoms with Gasteiger partial charge in [-0.25, -0.2) is 9.07 Å². The molecule has 0 saturated heterocycles. The molecule has 0 bridgehead atoms. The first kappa shape index (κ1) is 19.7. The van der Waals surface area contributed by atoms with Crippen molar-refractivity contribution in [3.8, 4) is 5.69 Å². The minimum Gasteiger partial charge on any atom is -0.593 e. The van der Waals surface area contributed by atoms with E-state index in [0.29, 0.717) is 29.4 Å². The van der Waals surface area contributed by atoms with Crippen LogP contribution in [0, 0.1) is 5.82 Å². The minimum atomic E-state index is -1.17. The van der Waals surface area contributed by atoms with Gasteiger partial charge in [-0.15, -0.1) is 0 Å². The standard InChI is InChI=1S/C21H23FN4O2S/c1-4-25(29(3)28)19-12-18-17(11-16(19)13-5-6-13)20(21(27)23-2)26(24-18)15-9-7-14(22)8-10-15/h7-13H,4-6H2,1-3H3,(H,23,27). The van der Waals surface area contributed by atoms with E-state index in [0.717, 1.165) is 29.5 Å². The summed E-state index contributed by atoms with van der Waals surface area (Å²) in [6, 6.07) is 9.80. The van der Waals surface area contributed by atoms with Gasteiger partial charge in [-0.05, 0) is 67.6 Å². The molecular weight excluding hydrogens is 391 g/mol. The van der Waals surface area contributed by atoms with Crippen molar-refractivity contribution in [3.05, 3.63) is 53.5 Å². The number of nitrogens with zero attached hydrogens (tertiary/aromatic N) is 3. The smallest absolute Gasteiger partial charge is 0.270 e. The second-order valence-electron chi connectivity index (χ2n) is 7.14. The Kier molecular flexibility index (Phi) is 5.23. The average molecular weight is 415 g/mol. The molecule has 1 unspecified atom stereocenters. The first-order chi connectivity index (χ1) is 13.9. The summed E-state index contributed by atoms with van der Waals surface area (Å²) in [5, 5.41) is 8.06. The molecule has 4 rings (SSSR count). The molecule has 0 spiro atoms. The number of nitrogens with one attached hydrogen (secondary N) is 1. The second kappa shape index (κ2) is 7.68. The number of hydrogen-bond acceptors (Lipinski definition) is 4. The van der Waals surface area contributed by atoms with Crippen LogP contribution >= 0.6 is 0 Å². The Morgan fingerprint density at radius 2 is 2.03 bits per heavy atom. The van der Waals surface area contributed by atoms with Crippen LogP contribution < -0.4 is 9.62 Å². The zero-order valence-corrected chi connectivity index (χ0v) is 17.4. The van der Waals surface area contributed by atoms with Crippen molar-refractivity contribution < 1.29 is 13.7 Å². The first-order valence-corrected chi connectivity index (χ1v) is 11.1. The topological polar surface area (TPSA) is 73.2 Å². The predicted octanol–water partition coefficient (Wildman–Crippen LogP) is 3.52. The van der Waals surface area contributed by atoms with Crippen molar-refractivity contribution in [2.45, 2.75) is 25.7 Å². The first-order valence-electron chi connectivity index (χ1n) is 9.60.